The Bertz CT molecular complexity index is 659. The summed E-state index contributed by atoms with van der Waals surface area (Å²) >= 11 is 0. The molecular formula is C10H12N4O2. The van der Waals surface area contributed by atoms with E-state index >= 15 is 0 Å². The fraction of sp³-hybridized carbons (Fsp3) is 0.500. The maximum absolute atomic E-state index is 11.6. The number of nitrogens with one attached hydrogen (secondary N) is 2. The monoisotopic (exact) mass is 220 g/mol. The van der Waals surface area contributed by atoms with Crippen molar-refractivity contribution in [1.29, 1.82) is 0 Å². The van der Waals surface area contributed by atoms with Crippen LogP contribution in [0.25, 0.3) is 11.2 Å². The van der Waals surface area contributed by atoms with E-state index in [0.717, 1.165) is 12.2 Å². The van der Waals surface area contributed by atoms with Gasteiger partial charge in [0.1, 0.15) is 5.82 Å². The van der Waals surface area contributed by atoms with Crippen LogP contribution in [0.15, 0.2) is 9.59 Å². The average molecular weight is 220 g/mol. The molecule has 2 aromatic heterocycles. The molecule has 16 heavy (non-hydrogen) atoms. The number of imidazole rings is 1. The van der Waals surface area contributed by atoms with Crippen LogP contribution >= 0.6 is 0 Å². The fourth-order valence-electron chi connectivity index (χ4n) is 1.96. The molecule has 0 atom stereocenters. The lowest BCUT2D eigenvalue weighted by Gasteiger charge is -1.98. The van der Waals surface area contributed by atoms with Gasteiger partial charge in [-0.2, -0.15) is 0 Å². The Kier molecular flexibility index (Phi) is 1.80. The van der Waals surface area contributed by atoms with Crippen LogP contribution in [0.2, 0.25) is 0 Å². The van der Waals surface area contributed by atoms with Gasteiger partial charge in [0.05, 0.1) is 0 Å². The summed E-state index contributed by atoms with van der Waals surface area (Å²) in [6.45, 7) is 0. The zero-order valence-corrected chi connectivity index (χ0v) is 8.91. The molecule has 2 aromatic rings. The molecule has 2 heterocycles. The van der Waals surface area contributed by atoms with Gasteiger partial charge in [-0.15, -0.1) is 0 Å². The van der Waals surface area contributed by atoms with Gasteiger partial charge in [-0.1, -0.05) is 0 Å². The van der Waals surface area contributed by atoms with E-state index in [0.29, 0.717) is 17.1 Å². The van der Waals surface area contributed by atoms with Crippen LogP contribution in [0.4, 0.5) is 0 Å². The Morgan fingerprint density at radius 3 is 2.81 bits per heavy atom. The highest BCUT2D eigenvalue weighted by molar-refractivity contribution is 5.69. The first kappa shape index (κ1) is 9.38. The quantitative estimate of drug-likeness (QED) is 0.741. The molecule has 0 spiro atoms. The third-order valence-electron chi connectivity index (χ3n) is 3.03. The van der Waals surface area contributed by atoms with Gasteiger partial charge in [0.25, 0.3) is 5.56 Å². The van der Waals surface area contributed by atoms with Gasteiger partial charge in [0, 0.05) is 13.5 Å². The Morgan fingerprint density at radius 2 is 2.12 bits per heavy atom. The van der Waals surface area contributed by atoms with E-state index in [1.54, 1.807) is 11.6 Å². The van der Waals surface area contributed by atoms with Crippen molar-refractivity contribution < 1.29 is 0 Å². The smallest absolute Gasteiger partial charge is 0.325 e. The zero-order valence-electron chi connectivity index (χ0n) is 8.91. The van der Waals surface area contributed by atoms with Gasteiger partial charge in [0.2, 0.25) is 0 Å². The largest absolute Gasteiger partial charge is 0.327 e. The zero-order chi connectivity index (χ0) is 11.3. The normalized spacial score (nSPS) is 15.8. The summed E-state index contributed by atoms with van der Waals surface area (Å²) in [6.07, 6.45) is 3.35. The topological polar surface area (TPSA) is 83.5 Å². The number of rotatable bonds is 2. The number of nitrogens with zero attached hydrogens (tertiary/aromatic N) is 2. The first-order chi connectivity index (χ1) is 7.65. The Hall–Kier alpha value is -1.85. The van der Waals surface area contributed by atoms with E-state index in [9.17, 15) is 9.59 Å². The van der Waals surface area contributed by atoms with Crippen LogP contribution in [-0.2, 0) is 13.5 Å². The molecule has 1 aliphatic rings. The van der Waals surface area contributed by atoms with Crippen molar-refractivity contribution >= 4 is 11.2 Å². The summed E-state index contributed by atoms with van der Waals surface area (Å²) < 4.78 is 1.77. The van der Waals surface area contributed by atoms with Gasteiger partial charge in [0.15, 0.2) is 11.2 Å². The average Bonchev–Trinajstić information content (AvgIpc) is 2.93. The van der Waals surface area contributed by atoms with E-state index < -0.39 is 5.69 Å². The second kappa shape index (κ2) is 3.07. The van der Waals surface area contributed by atoms with Crippen molar-refractivity contribution in [1.82, 2.24) is 19.5 Å². The van der Waals surface area contributed by atoms with Gasteiger partial charge in [-0.05, 0) is 18.8 Å². The van der Waals surface area contributed by atoms with E-state index in [-0.39, 0.29) is 5.56 Å². The molecule has 6 nitrogen and oxygen atoms in total. The number of aryl methyl sites for hydroxylation is 1. The number of hydrogen-bond acceptors (Lipinski definition) is 3. The molecule has 0 aliphatic heterocycles. The predicted octanol–water partition coefficient (Wildman–Crippen LogP) is -0.0976. The molecule has 0 radical (unpaired) electrons. The molecule has 1 fully saturated rings. The van der Waals surface area contributed by atoms with Crippen LogP contribution < -0.4 is 11.2 Å². The number of hydrogen-bond donors (Lipinski definition) is 2. The van der Waals surface area contributed by atoms with Crippen molar-refractivity contribution in [2.75, 3.05) is 0 Å². The lowest BCUT2D eigenvalue weighted by molar-refractivity contribution is 0.726. The van der Waals surface area contributed by atoms with Crippen molar-refractivity contribution in [3.8, 4) is 0 Å². The summed E-state index contributed by atoms with van der Waals surface area (Å²) in [4.78, 5) is 31.8. The van der Waals surface area contributed by atoms with Crippen molar-refractivity contribution in [3.05, 3.63) is 26.7 Å². The highest BCUT2D eigenvalue weighted by atomic mass is 16.2. The second-order valence-corrected chi connectivity index (χ2v) is 4.34. The molecule has 3 rings (SSSR count). The number of aromatic amines is 2. The molecule has 0 bridgehead atoms. The molecule has 0 amide bonds. The molecule has 0 aromatic carbocycles. The highest BCUT2D eigenvalue weighted by Crippen LogP contribution is 2.32. The molecule has 2 N–H and O–H groups in total. The van der Waals surface area contributed by atoms with Crippen LogP contribution in [0, 0.1) is 5.92 Å². The van der Waals surface area contributed by atoms with Crippen molar-refractivity contribution in [2.24, 2.45) is 13.0 Å². The minimum Gasteiger partial charge on any atom is -0.325 e. The predicted molar refractivity (Wildman–Crippen MR) is 58.4 cm³/mol. The van der Waals surface area contributed by atoms with Crippen molar-refractivity contribution in [3.63, 3.8) is 0 Å². The Labute approximate surface area is 90.3 Å². The van der Waals surface area contributed by atoms with E-state index in [4.69, 9.17) is 0 Å². The Morgan fingerprint density at radius 1 is 1.38 bits per heavy atom. The van der Waals surface area contributed by atoms with Crippen LogP contribution in [0.3, 0.4) is 0 Å². The van der Waals surface area contributed by atoms with Crippen molar-refractivity contribution in [2.45, 2.75) is 19.3 Å². The summed E-state index contributed by atoms with van der Waals surface area (Å²) in [5.74, 6) is 1.56. The maximum atomic E-state index is 11.6. The minimum atomic E-state index is -0.506. The maximum Gasteiger partial charge on any atom is 0.327 e. The van der Waals surface area contributed by atoms with E-state index in [1.807, 2.05) is 0 Å². The fourth-order valence-corrected chi connectivity index (χ4v) is 1.96. The summed E-state index contributed by atoms with van der Waals surface area (Å²) in [6, 6.07) is 0. The number of fused-ring (bicyclic) bond motifs is 1. The molecule has 1 saturated carbocycles. The first-order valence-electron chi connectivity index (χ1n) is 5.33. The lowest BCUT2D eigenvalue weighted by Crippen LogP contribution is -2.22. The van der Waals surface area contributed by atoms with Crippen LogP contribution in [0.1, 0.15) is 18.7 Å². The van der Waals surface area contributed by atoms with Gasteiger partial charge in [-0.3, -0.25) is 14.8 Å². The van der Waals surface area contributed by atoms with Gasteiger partial charge < -0.3 is 4.57 Å². The van der Waals surface area contributed by atoms with Gasteiger partial charge >= 0.3 is 5.69 Å². The Balaban J connectivity index is 2.24. The second-order valence-electron chi connectivity index (χ2n) is 4.34. The lowest BCUT2D eigenvalue weighted by atomic mass is 10.3. The van der Waals surface area contributed by atoms with Gasteiger partial charge in [-0.25, -0.2) is 9.78 Å². The van der Waals surface area contributed by atoms with E-state index in [1.165, 1.54) is 12.8 Å². The standard InChI is InChI=1S/C10H12N4O2/c1-14-6(4-5-2-3-5)11-8-7(14)9(15)13-10(16)12-8/h5H,2-4H2,1H3,(H2,12,13,15,16). The van der Waals surface area contributed by atoms with Crippen LogP contribution in [0.5, 0.6) is 0 Å². The third kappa shape index (κ3) is 1.37. The summed E-state index contributed by atoms with van der Waals surface area (Å²) in [7, 11) is 1.81. The molecule has 0 saturated heterocycles. The summed E-state index contributed by atoms with van der Waals surface area (Å²) in [5, 5.41) is 0. The molecular weight excluding hydrogens is 208 g/mol. The number of H-pyrrole nitrogens is 2. The molecule has 1 aliphatic carbocycles. The van der Waals surface area contributed by atoms with E-state index in [2.05, 4.69) is 15.0 Å². The minimum absolute atomic E-state index is 0.379. The SMILES string of the molecule is Cn1c(CC2CC2)nc2[nH]c(=O)[nH]c(=O)c21. The molecule has 84 valence electrons. The first-order valence-corrected chi connectivity index (χ1v) is 5.33. The number of aromatic nitrogens is 4. The molecule has 0 unspecified atom stereocenters. The highest BCUT2D eigenvalue weighted by Gasteiger charge is 2.24. The third-order valence-corrected chi connectivity index (χ3v) is 3.03. The molecule has 6 heteroatoms. The summed E-state index contributed by atoms with van der Waals surface area (Å²) in [5.41, 5.74) is -0.0634. The van der Waals surface area contributed by atoms with Crippen LogP contribution in [-0.4, -0.2) is 19.5 Å².